The minimum atomic E-state index is -0.481. The Morgan fingerprint density at radius 1 is 1.18 bits per heavy atom. The lowest BCUT2D eigenvalue weighted by Gasteiger charge is -2.04. The third-order valence-corrected chi connectivity index (χ3v) is 5.11. The van der Waals surface area contributed by atoms with Crippen molar-refractivity contribution in [3.05, 3.63) is 77.6 Å². The van der Waals surface area contributed by atoms with Crippen molar-refractivity contribution in [3.8, 4) is 16.8 Å². The van der Waals surface area contributed by atoms with Crippen molar-refractivity contribution in [2.24, 2.45) is 0 Å². The van der Waals surface area contributed by atoms with Crippen LogP contribution in [-0.2, 0) is 4.79 Å². The SMILES string of the molecule is Cc1cccc(NC(=O)C(C#N)=Cc2ccc(-c3nc4ccccc4s3)o2)c1. The number of carbonyl (C=O) groups excluding carboxylic acids is 1. The Hall–Kier alpha value is -3.69. The van der Waals surface area contributed by atoms with Crippen LogP contribution in [0.25, 0.3) is 27.1 Å². The van der Waals surface area contributed by atoms with E-state index in [1.165, 1.54) is 17.4 Å². The van der Waals surface area contributed by atoms with Crippen LogP contribution < -0.4 is 5.32 Å². The minimum Gasteiger partial charge on any atom is -0.454 e. The predicted molar refractivity (Wildman–Crippen MR) is 111 cm³/mol. The van der Waals surface area contributed by atoms with Gasteiger partial charge in [0.25, 0.3) is 5.91 Å². The van der Waals surface area contributed by atoms with Gasteiger partial charge in [-0.2, -0.15) is 5.26 Å². The van der Waals surface area contributed by atoms with E-state index in [9.17, 15) is 10.1 Å². The molecular weight excluding hydrogens is 370 g/mol. The normalized spacial score (nSPS) is 11.4. The molecule has 0 fully saturated rings. The minimum absolute atomic E-state index is 0.0355. The summed E-state index contributed by atoms with van der Waals surface area (Å²) in [5, 5.41) is 12.9. The fourth-order valence-corrected chi connectivity index (χ4v) is 3.66. The van der Waals surface area contributed by atoms with E-state index in [2.05, 4.69) is 10.3 Å². The average Bonchev–Trinajstić information content (AvgIpc) is 3.32. The van der Waals surface area contributed by atoms with Gasteiger partial charge >= 0.3 is 0 Å². The van der Waals surface area contributed by atoms with Gasteiger partial charge < -0.3 is 9.73 Å². The second-order valence-corrected chi connectivity index (χ2v) is 7.21. The molecule has 0 unspecified atom stereocenters. The largest absolute Gasteiger partial charge is 0.454 e. The van der Waals surface area contributed by atoms with Gasteiger partial charge in [-0.1, -0.05) is 24.3 Å². The van der Waals surface area contributed by atoms with Crippen LogP contribution in [0.4, 0.5) is 5.69 Å². The van der Waals surface area contributed by atoms with Crippen LogP contribution in [0.1, 0.15) is 11.3 Å². The van der Waals surface area contributed by atoms with Gasteiger partial charge in [0.2, 0.25) is 0 Å². The summed E-state index contributed by atoms with van der Waals surface area (Å²) in [4.78, 5) is 17.0. The van der Waals surface area contributed by atoms with Gasteiger partial charge in [-0.3, -0.25) is 4.79 Å². The number of nitrogens with one attached hydrogen (secondary N) is 1. The summed E-state index contributed by atoms with van der Waals surface area (Å²) in [7, 11) is 0. The number of furan rings is 1. The average molecular weight is 385 g/mol. The number of hydrogen-bond acceptors (Lipinski definition) is 5. The first-order chi connectivity index (χ1) is 13.6. The monoisotopic (exact) mass is 385 g/mol. The molecule has 0 bridgehead atoms. The van der Waals surface area contributed by atoms with Crippen LogP contribution in [0, 0.1) is 18.3 Å². The molecule has 2 heterocycles. The summed E-state index contributed by atoms with van der Waals surface area (Å²) >= 11 is 1.53. The van der Waals surface area contributed by atoms with E-state index < -0.39 is 5.91 Å². The van der Waals surface area contributed by atoms with E-state index in [1.54, 1.807) is 18.2 Å². The van der Waals surface area contributed by atoms with E-state index in [-0.39, 0.29) is 5.57 Å². The number of thiazole rings is 1. The van der Waals surface area contributed by atoms with Gasteiger partial charge in [0, 0.05) is 11.8 Å². The number of carbonyl (C=O) groups is 1. The molecule has 28 heavy (non-hydrogen) atoms. The molecule has 1 N–H and O–H groups in total. The van der Waals surface area contributed by atoms with E-state index >= 15 is 0 Å². The summed E-state index contributed by atoms with van der Waals surface area (Å²) in [6.07, 6.45) is 1.43. The van der Waals surface area contributed by atoms with Gasteiger partial charge in [0.05, 0.1) is 10.2 Å². The highest BCUT2D eigenvalue weighted by Gasteiger charge is 2.13. The van der Waals surface area contributed by atoms with Crippen LogP contribution in [0.15, 0.2) is 70.7 Å². The Kier molecular flexibility index (Phi) is 4.75. The highest BCUT2D eigenvalue weighted by molar-refractivity contribution is 7.21. The van der Waals surface area contributed by atoms with Crippen molar-refractivity contribution in [1.29, 1.82) is 5.26 Å². The quantitative estimate of drug-likeness (QED) is 0.376. The number of nitrogens with zero attached hydrogens (tertiary/aromatic N) is 2. The molecule has 0 radical (unpaired) electrons. The Morgan fingerprint density at radius 3 is 2.82 bits per heavy atom. The number of para-hydroxylation sites is 1. The third kappa shape index (κ3) is 3.70. The Labute approximate surface area is 165 Å². The zero-order valence-electron chi connectivity index (χ0n) is 15.0. The lowest BCUT2D eigenvalue weighted by atomic mass is 10.2. The van der Waals surface area contributed by atoms with E-state index in [4.69, 9.17) is 4.42 Å². The van der Waals surface area contributed by atoms with Gasteiger partial charge in [-0.05, 0) is 48.9 Å². The fraction of sp³-hybridized carbons (Fsp3) is 0.0455. The van der Waals surface area contributed by atoms with Crippen LogP contribution in [0.5, 0.6) is 0 Å². The van der Waals surface area contributed by atoms with Gasteiger partial charge in [0.15, 0.2) is 10.8 Å². The highest BCUT2D eigenvalue weighted by Crippen LogP contribution is 2.31. The van der Waals surface area contributed by atoms with Crippen molar-refractivity contribution in [2.75, 3.05) is 5.32 Å². The Bertz CT molecular complexity index is 1210. The van der Waals surface area contributed by atoms with Crippen LogP contribution >= 0.6 is 11.3 Å². The molecule has 0 saturated carbocycles. The molecule has 136 valence electrons. The smallest absolute Gasteiger partial charge is 0.266 e. The van der Waals surface area contributed by atoms with Gasteiger partial charge in [-0.15, -0.1) is 11.3 Å². The van der Waals surface area contributed by atoms with Crippen LogP contribution in [0.3, 0.4) is 0 Å². The predicted octanol–water partition coefficient (Wildman–Crippen LogP) is 5.41. The maximum absolute atomic E-state index is 12.4. The zero-order chi connectivity index (χ0) is 19.5. The van der Waals surface area contributed by atoms with E-state index in [0.717, 1.165) is 20.8 Å². The molecule has 2 aromatic heterocycles. The van der Waals surface area contributed by atoms with Crippen molar-refractivity contribution >= 4 is 39.2 Å². The molecule has 0 spiro atoms. The molecule has 5 nitrogen and oxygen atoms in total. The third-order valence-electron chi connectivity index (χ3n) is 4.06. The topological polar surface area (TPSA) is 78.9 Å². The lowest BCUT2D eigenvalue weighted by molar-refractivity contribution is -0.112. The van der Waals surface area contributed by atoms with E-state index in [1.807, 2.05) is 55.5 Å². The van der Waals surface area contributed by atoms with Crippen molar-refractivity contribution in [2.45, 2.75) is 6.92 Å². The lowest BCUT2D eigenvalue weighted by Crippen LogP contribution is -2.13. The standard InChI is InChI=1S/C22H15N3O2S/c1-14-5-4-6-16(11-14)24-21(26)15(13-23)12-17-9-10-19(27-17)22-25-18-7-2-3-8-20(18)28-22/h2-12H,1H3,(H,24,26). The molecule has 2 aromatic carbocycles. The fourth-order valence-electron chi connectivity index (χ4n) is 2.74. The number of hydrogen-bond donors (Lipinski definition) is 1. The van der Waals surface area contributed by atoms with Crippen LogP contribution in [0.2, 0.25) is 0 Å². The number of nitriles is 1. The number of aromatic nitrogens is 1. The first kappa shape index (κ1) is 17.7. The molecule has 0 aliphatic carbocycles. The number of fused-ring (bicyclic) bond motifs is 1. The molecule has 6 heteroatoms. The van der Waals surface area contributed by atoms with Crippen molar-refractivity contribution < 1.29 is 9.21 Å². The molecule has 0 aliphatic heterocycles. The number of anilines is 1. The van der Waals surface area contributed by atoms with E-state index in [0.29, 0.717) is 17.2 Å². The maximum Gasteiger partial charge on any atom is 0.266 e. The number of aryl methyl sites for hydroxylation is 1. The Balaban J connectivity index is 1.57. The zero-order valence-corrected chi connectivity index (χ0v) is 15.8. The summed E-state index contributed by atoms with van der Waals surface area (Å²) < 4.78 is 6.86. The number of rotatable bonds is 4. The number of amides is 1. The summed E-state index contributed by atoms with van der Waals surface area (Å²) in [6.45, 7) is 1.93. The summed E-state index contributed by atoms with van der Waals surface area (Å²) in [5.74, 6) is 0.542. The molecule has 0 saturated heterocycles. The number of benzene rings is 2. The van der Waals surface area contributed by atoms with Gasteiger partial charge in [-0.25, -0.2) is 4.98 Å². The summed E-state index contributed by atoms with van der Waals surface area (Å²) in [6, 6.07) is 20.7. The molecule has 0 aliphatic rings. The van der Waals surface area contributed by atoms with Crippen molar-refractivity contribution in [3.63, 3.8) is 0 Å². The first-order valence-electron chi connectivity index (χ1n) is 8.58. The molecular formula is C22H15N3O2S. The second kappa shape index (κ2) is 7.51. The second-order valence-electron chi connectivity index (χ2n) is 6.18. The van der Waals surface area contributed by atoms with Crippen LogP contribution in [-0.4, -0.2) is 10.9 Å². The summed E-state index contributed by atoms with van der Waals surface area (Å²) in [5.41, 5.74) is 2.53. The molecule has 4 rings (SSSR count). The Morgan fingerprint density at radius 2 is 2.04 bits per heavy atom. The highest BCUT2D eigenvalue weighted by atomic mass is 32.1. The molecule has 1 amide bonds. The van der Waals surface area contributed by atoms with Gasteiger partial charge in [0.1, 0.15) is 17.4 Å². The van der Waals surface area contributed by atoms with Crippen molar-refractivity contribution in [1.82, 2.24) is 4.98 Å². The first-order valence-corrected chi connectivity index (χ1v) is 9.39. The maximum atomic E-state index is 12.4. The molecule has 4 aromatic rings. The molecule has 0 atom stereocenters.